The smallest absolute Gasteiger partial charge is 0.196 e. The Morgan fingerprint density at radius 2 is 1.80 bits per heavy atom. The molecule has 0 heterocycles. The molecule has 4 nitrogen and oxygen atoms in total. The summed E-state index contributed by atoms with van der Waals surface area (Å²) in [5.74, 6) is 0.456. The molecule has 0 amide bonds. The lowest BCUT2D eigenvalue weighted by atomic mass is 10.0. The van der Waals surface area contributed by atoms with E-state index in [1.807, 2.05) is 30.3 Å². The van der Waals surface area contributed by atoms with E-state index in [1.165, 1.54) is 0 Å². The van der Waals surface area contributed by atoms with E-state index in [0.717, 1.165) is 5.56 Å². The molecule has 0 bridgehead atoms. The Morgan fingerprint density at radius 1 is 1.08 bits per heavy atom. The third-order valence-corrected chi connectivity index (χ3v) is 4.74. The van der Waals surface area contributed by atoms with Crippen LogP contribution in [0.4, 0.5) is 0 Å². The average Bonchev–Trinajstić information content (AvgIpc) is 2.59. The van der Waals surface area contributed by atoms with Crippen molar-refractivity contribution in [3.8, 4) is 5.75 Å². The summed E-state index contributed by atoms with van der Waals surface area (Å²) in [6, 6.07) is 14.8. The third kappa shape index (κ3) is 6.12. The van der Waals surface area contributed by atoms with E-state index in [1.54, 1.807) is 25.3 Å². The second kappa shape index (κ2) is 8.94. The molecule has 2 aromatic rings. The first-order valence-electron chi connectivity index (χ1n) is 8.33. The summed E-state index contributed by atoms with van der Waals surface area (Å²) in [6.45, 7) is 7.19. The van der Waals surface area contributed by atoms with E-state index in [0.29, 0.717) is 23.5 Å². The molecule has 0 saturated heterocycles. The molecule has 0 saturated carbocycles. The van der Waals surface area contributed by atoms with Gasteiger partial charge < -0.3 is 13.9 Å². The van der Waals surface area contributed by atoms with Crippen LogP contribution in [-0.2, 0) is 15.8 Å². The highest BCUT2D eigenvalue weighted by atomic mass is 28.2. The number of benzene rings is 2. The maximum atomic E-state index is 12.7. The summed E-state index contributed by atoms with van der Waals surface area (Å²) in [5, 5.41) is 0.249. The molecule has 0 aliphatic rings. The van der Waals surface area contributed by atoms with Crippen molar-refractivity contribution in [3.63, 3.8) is 0 Å². The van der Waals surface area contributed by atoms with Crippen molar-refractivity contribution in [3.05, 3.63) is 65.2 Å². The van der Waals surface area contributed by atoms with Crippen LogP contribution in [0.3, 0.4) is 0 Å². The van der Waals surface area contributed by atoms with Crippen LogP contribution in [0.1, 0.15) is 42.3 Å². The highest BCUT2D eigenvalue weighted by Crippen LogP contribution is 2.25. The van der Waals surface area contributed by atoms with E-state index >= 15 is 0 Å². The van der Waals surface area contributed by atoms with Gasteiger partial charge in [0.05, 0.1) is 12.2 Å². The number of methoxy groups -OCH3 is 1. The second-order valence-corrected chi connectivity index (χ2v) is 9.95. The van der Waals surface area contributed by atoms with Crippen LogP contribution in [0.25, 0.3) is 0 Å². The monoisotopic (exact) mass is 358 g/mol. The summed E-state index contributed by atoms with van der Waals surface area (Å²) in [4.78, 5) is 12.7. The number of ketones is 1. The van der Waals surface area contributed by atoms with Gasteiger partial charge in [-0.25, -0.2) is 0 Å². The predicted molar refractivity (Wildman–Crippen MR) is 102 cm³/mol. The minimum Gasteiger partial charge on any atom is -0.467 e. The zero-order valence-corrected chi connectivity index (χ0v) is 16.8. The first kappa shape index (κ1) is 19.4. The van der Waals surface area contributed by atoms with Crippen LogP contribution in [0.5, 0.6) is 5.75 Å². The van der Waals surface area contributed by atoms with E-state index in [9.17, 15) is 4.79 Å². The van der Waals surface area contributed by atoms with Crippen LogP contribution in [0, 0.1) is 0 Å². The van der Waals surface area contributed by atoms with Gasteiger partial charge in [0.25, 0.3) is 0 Å². The standard InChI is InChI=1S/C20H26O4Si/c1-20(2,3)25-24-13-15-10-11-17(18(12-15)23-14-22-4)19(21)16-8-6-5-7-9-16/h5-12H,13-14,25H2,1-4H3. The van der Waals surface area contributed by atoms with Crippen molar-refractivity contribution in [1.82, 2.24) is 0 Å². The van der Waals surface area contributed by atoms with Gasteiger partial charge in [-0.15, -0.1) is 0 Å². The molecule has 0 radical (unpaired) electrons. The topological polar surface area (TPSA) is 44.8 Å². The van der Waals surface area contributed by atoms with Crippen LogP contribution in [0.15, 0.2) is 48.5 Å². The molecule has 0 aromatic heterocycles. The number of carbonyl (C=O) groups excluding carboxylic acids is 1. The number of ether oxygens (including phenoxy) is 2. The Morgan fingerprint density at radius 3 is 2.44 bits per heavy atom. The van der Waals surface area contributed by atoms with Gasteiger partial charge in [-0.3, -0.25) is 4.79 Å². The van der Waals surface area contributed by atoms with Gasteiger partial charge in [0.1, 0.15) is 5.75 Å². The molecule has 2 aromatic carbocycles. The number of carbonyl (C=O) groups is 1. The second-order valence-electron chi connectivity index (χ2n) is 7.13. The highest BCUT2D eigenvalue weighted by Gasteiger charge is 2.16. The van der Waals surface area contributed by atoms with Crippen molar-refractivity contribution in [2.75, 3.05) is 13.9 Å². The molecular weight excluding hydrogens is 332 g/mol. The number of hydrogen-bond acceptors (Lipinski definition) is 4. The molecule has 0 aliphatic heterocycles. The number of rotatable bonds is 8. The zero-order chi connectivity index (χ0) is 18.3. The molecule has 0 unspecified atom stereocenters. The zero-order valence-electron chi connectivity index (χ0n) is 15.4. The van der Waals surface area contributed by atoms with Crippen molar-refractivity contribution in [2.24, 2.45) is 0 Å². The van der Waals surface area contributed by atoms with Crippen molar-refractivity contribution in [1.29, 1.82) is 0 Å². The van der Waals surface area contributed by atoms with Crippen molar-refractivity contribution < 1.29 is 18.7 Å². The highest BCUT2D eigenvalue weighted by molar-refractivity contribution is 6.31. The molecular formula is C20H26O4Si. The van der Waals surface area contributed by atoms with E-state index in [-0.39, 0.29) is 17.6 Å². The van der Waals surface area contributed by atoms with Crippen LogP contribution < -0.4 is 4.74 Å². The Balaban J connectivity index is 2.20. The Hall–Kier alpha value is -1.95. The minimum absolute atomic E-state index is 0.0664. The maximum absolute atomic E-state index is 12.7. The Bertz CT molecular complexity index is 693. The lowest BCUT2D eigenvalue weighted by Crippen LogP contribution is -2.13. The number of hydrogen-bond donors (Lipinski definition) is 0. The molecule has 0 N–H and O–H groups in total. The van der Waals surface area contributed by atoms with Gasteiger partial charge >= 0.3 is 0 Å². The molecule has 0 aliphatic carbocycles. The molecule has 134 valence electrons. The summed E-state index contributed by atoms with van der Waals surface area (Å²) in [5.41, 5.74) is 2.15. The first-order valence-corrected chi connectivity index (χ1v) is 9.61. The molecule has 0 fully saturated rings. The van der Waals surface area contributed by atoms with Crippen molar-refractivity contribution in [2.45, 2.75) is 32.4 Å². The van der Waals surface area contributed by atoms with Crippen LogP contribution in [-0.4, -0.2) is 29.4 Å². The molecule has 5 heteroatoms. The van der Waals surface area contributed by atoms with Gasteiger partial charge in [0.2, 0.25) is 0 Å². The summed E-state index contributed by atoms with van der Waals surface area (Å²) >= 11 is 0. The average molecular weight is 359 g/mol. The molecule has 25 heavy (non-hydrogen) atoms. The van der Waals surface area contributed by atoms with Gasteiger partial charge in [0.15, 0.2) is 22.3 Å². The lowest BCUT2D eigenvalue weighted by Gasteiger charge is -2.17. The van der Waals surface area contributed by atoms with Gasteiger partial charge in [0, 0.05) is 12.7 Å². The Kier molecular flexibility index (Phi) is 6.93. The minimum atomic E-state index is -0.622. The predicted octanol–water partition coefficient (Wildman–Crippen LogP) is 3.72. The quantitative estimate of drug-likeness (QED) is 0.410. The normalized spacial score (nSPS) is 11.8. The summed E-state index contributed by atoms with van der Waals surface area (Å²) in [7, 11) is 0.934. The lowest BCUT2D eigenvalue weighted by molar-refractivity contribution is 0.0502. The van der Waals surface area contributed by atoms with E-state index in [4.69, 9.17) is 13.9 Å². The fraction of sp³-hybridized carbons (Fsp3) is 0.350. The van der Waals surface area contributed by atoms with Crippen LogP contribution in [0.2, 0.25) is 5.04 Å². The van der Waals surface area contributed by atoms with Crippen molar-refractivity contribution >= 4 is 15.5 Å². The third-order valence-electron chi connectivity index (χ3n) is 3.46. The van der Waals surface area contributed by atoms with E-state index in [2.05, 4.69) is 20.8 Å². The van der Waals surface area contributed by atoms with Crippen LogP contribution >= 0.6 is 0 Å². The van der Waals surface area contributed by atoms with E-state index < -0.39 is 9.76 Å². The summed E-state index contributed by atoms with van der Waals surface area (Å²) in [6.07, 6.45) is 0. The van der Waals surface area contributed by atoms with Gasteiger partial charge in [-0.1, -0.05) is 57.2 Å². The van der Waals surface area contributed by atoms with Gasteiger partial charge in [-0.2, -0.15) is 0 Å². The largest absolute Gasteiger partial charge is 0.467 e. The molecule has 2 rings (SSSR count). The molecule has 0 spiro atoms. The fourth-order valence-electron chi connectivity index (χ4n) is 2.31. The fourth-order valence-corrected chi connectivity index (χ4v) is 3.26. The maximum Gasteiger partial charge on any atom is 0.196 e. The van der Waals surface area contributed by atoms with Gasteiger partial charge in [-0.05, 0) is 22.7 Å². The SMILES string of the molecule is COCOc1cc(CO[SiH2]C(C)(C)C)ccc1C(=O)c1ccccc1. The first-order chi connectivity index (χ1) is 11.9. The summed E-state index contributed by atoms with van der Waals surface area (Å²) < 4.78 is 16.5. The Labute approximate surface area is 152 Å². The molecule has 0 atom stereocenters.